The molecule has 0 saturated heterocycles. The first-order chi connectivity index (χ1) is 14.5. The van der Waals surface area contributed by atoms with Gasteiger partial charge in [0.15, 0.2) is 0 Å². The third-order valence-electron chi connectivity index (χ3n) is 3.67. The number of anilines is 1. The Balaban J connectivity index is 1.69. The number of hydrogen-bond acceptors (Lipinski definition) is 8. The van der Waals surface area contributed by atoms with Gasteiger partial charge in [0.2, 0.25) is 10.3 Å². The summed E-state index contributed by atoms with van der Waals surface area (Å²) < 4.78 is 22.8. The fraction of sp³-hybridized carbons (Fsp3) is 0.0500. The molecule has 0 aliphatic rings. The van der Waals surface area contributed by atoms with Gasteiger partial charge in [-0.15, -0.1) is 0 Å². The first-order valence-corrected chi connectivity index (χ1v) is 10.4. The Morgan fingerprint density at radius 1 is 1.23 bits per heavy atom. The molecule has 0 radical (unpaired) electrons. The van der Waals surface area contributed by atoms with Crippen LogP contribution in [0, 0.1) is 17.1 Å². The minimum atomic E-state index is -0.824. The van der Waals surface area contributed by atoms with Gasteiger partial charge < -0.3 is 4.74 Å². The van der Waals surface area contributed by atoms with Crippen LogP contribution in [0.2, 0.25) is 0 Å². The molecule has 7 nitrogen and oxygen atoms in total. The number of aromatic nitrogens is 2. The molecule has 0 bridgehead atoms. The molecule has 3 rings (SSSR count). The van der Waals surface area contributed by atoms with E-state index in [-0.39, 0.29) is 16.9 Å². The van der Waals surface area contributed by atoms with E-state index in [1.807, 2.05) is 12.3 Å². The Morgan fingerprint density at radius 3 is 2.60 bits per heavy atom. The van der Waals surface area contributed by atoms with E-state index in [0.29, 0.717) is 15.9 Å². The number of nitrogens with one attached hydrogen (secondary N) is 1. The van der Waals surface area contributed by atoms with Crippen molar-refractivity contribution in [3.8, 4) is 11.8 Å². The number of esters is 1. The van der Waals surface area contributed by atoms with E-state index in [9.17, 15) is 19.2 Å². The third-order valence-corrected chi connectivity index (χ3v) is 4.96. The molecule has 0 atom stereocenters. The topological polar surface area (TPSA) is 105 Å². The fourth-order valence-corrected chi connectivity index (χ4v) is 3.37. The van der Waals surface area contributed by atoms with Gasteiger partial charge in [-0.25, -0.2) is 9.18 Å². The fourth-order valence-electron chi connectivity index (χ4n) is 2.24. The molecule has 1 N–H and O–H groups in total. The van der Waals surface area contributed by atoms with Crippen molar-refractivity contribution in [3.05, 3.63) is 71.0 Å². The summed E-state index contributed by atoms with van der Waals surface area (Å²) in [6.45, 7) is 0. The number of carbonyl (C=O) groups excluding carboxylic acids is 2. The van der Waals surface area contributed by atoms with E-state index in [0.717, 1.165) is 11.5 Å². The van der Waals surface area contributed by atoms with Gasteiger partial charge in [-0.05, 0) is 42.2 Å². The number of ether oxygens (including phenoxy) is 1. The van der Waals surface area contributed by atoms with Crippen LogP contribution in [0.1, 0.15) is 15.9 Å². The lowest BCUT2D eigenvalue weighted by atomic mass is 10.1. The van der Waals surface area contributed by atoms with Crippen molar-refractivity contribution in [1.29, 1.82) is 5.26 Å². The summed E-state index contributed by atoms with van der Waals surface area (Å²) in [4.78, 5) is 28.4. The van der Waals surface area contributed by atoms with Crippen LogP contribution < -0.4 is 10.1 Å². The van der Waals surface area contributed by atoms with Gasteiger partial charge in [-0.1, -0.05) is 36.0 Å². The molecule has 1 aromatic heterocycles. The summed E-state index contributed by atoms with van der Waals surface area (Å²) in [6.07, 6.45) is 3.19. The maximum absolute atomic E-state index is 13.7. The van der Waals surface area contributed by atoms with Gasteiger partial charge in [0.1, 0.15) is 23.2 Å². The van der Waals surface area contributed by atoms with Crippen LogP contribution in [-0.4, -0.2) is 27.5 Å². The molecule has 30 heavy (non-hydrogen) atoms. The lowest BCUT2D eigenvalue weighted by Crippen LogP contribution is -2.13. The number of amides is 1. The SMILES string of the molecule is CSc1nsc(NC(=O)/C(C#N)=C\c2ccc(OC(=O)c3ccccc3F)cc2)n1. The second-order valence-corrected chi connectivity index (χ2v) is 7.17. The third kappa shape index (κ3) is 5.28. The molecule has 0 aliphatic heterocycles. The highest BCUT2D eigenvalue weighted by Gasteiger charge is 2.14. The van der Waals surface area contributed by atoms with E-state index in [1.54, 1.807) is 12.1 Å². The Bertz CT molecular complexity index is 1150. The minimum absolute atomic E-state index is 0.132. The molecule has 150 valence electrons. The highest BCUT2D eigenvalue weighted by atomic mass is 32.2. The summed E-state index contributed by atoms with van der Waals surface area (Å²) in [6, 6.07) is 13.4. The van der Waals surface area contributed by atoms with Crippen LogP contribution in [-0.2, 0) is 4.79 Å². The molecule has 3 aromatic rings. The molecule has 0 fully saturated rings. The van der Waals surface area contributed by atoms with Crippen LogP contribution >= 0.6 is 23.3 Å². The van der Waals surface area contributed by atoms with E-state index >= 15 is 0 Å². The van der Waals surface area contributed by atoms with Gasteiger partial charge in [0, 0.05) is 11.5 Å². The van der Waals surface area contributed by atoms with Gasteiger partial charge in [0.25, 0.3) is 5.91 Å². The van der Waals surface area contributed by atoms with Crippen molar-refractivity contribution in [2.24, 2.45) is 0 Å². The smallest absolute Gasteiger partial charge is 0.346 e. The molecule has 10 heteroatoms. The maximum Gasteiger partial charge on any atom is 0.346 e. The molecule has 1 amide bonds. The number of thioether (sulfide) groups is 1. The van der Waals surface area contributed by atoms with Crippen molar-refractivity contribution in [2.45, 2.75) is 5.16 Å². The number of nitrogens with zero attached hydrogens (tertiary/aromatic N) is 3. The van der Waals surface area contributed by atoms with Crippen LogP contribution in [0.5, 0.6) is 5.75 Å². The highest BCUT2D eigenvalue weighted by Crippen LogP contribution is 2.20. The molecular weight excluding hydrogens is 427 g/mol. The largest absolute Gasteiger partial charge is 0.423 e. The summed E-state index contributed by atoms with van der Waals surface area (Å²) in [5.41, 5.74) is 0.229. The molecule has 0 aliphatic carbocycles. The summed E-state index contributed by atoms with van der Waals surface area (Å²) in [5.74, 6) is -1.92. The Labute approximate surface area is 179 Å². The van der Waals surface area contributed by atoms with E-state index in [2.05, 4.69) is 14.7 Å². The Kier molecular flexibility index (Phi) is 6.90. The van der Waals surface area contributed by atoms with E-state index < -0.39 is 17.7 Å². The van der Waals surface area contributed by atoms with Crippen molar-refractivity contribution in [3.63, 3.8) is 0 Å². The average Bonchev–Trinajstić information content (AvgIpc) is 3.20. The minimum Gasteiger partial charge on any atom is -0.423 e. The molecule has 0 saturated carbocycles. The Hall–Kier alpha value is -3.55. The standard InChI is InChI=1S/C20H13FN4O3S2/c1-29-20-24-19(30-25-20)23-17(26)13(11-22)10-12-6-8-14(9-7-12)28-18(27)15-4-2-3-5-16(15)21/h2-10H,1H3,(H,23,24,25,26)/b13-10-. The van der Waals surface area contributed by atoms with Gasteiger partial charge in [-0.3, -0.25) is 10.1 Å². The predicted octanol–water partition coefficient (Wildman–Crippen LogP) is 4.16. The molecule has 1 heterocycles. The van der Waals surface area contributed by atoms with E-state index in [4.69, 9.17) is 4.74 Å². The van der Waals surface area contributed by atoms with Gasteiger partial charge in [-0.2, -0.15) is 14.6 Å². The van der Waals surface area contributed by atoms with E-state index in [1.165, 1.54) is 54.2 Å². The zero-order chi connectivity index (χ0) is 21.5. The van der Waals surface area contributed by atoms with Crippen LogP contribution in [0.25, 0.3) is 6.08 Å². The summed E-state index contributed by atoms with van der Waals surface area (Å²) in [7, 11) is 0. The number of nitriles is 1. The number of rotatable bonds is 6. The summed E-state index contributed by atoms with van der Waals surface area (Å²) >= 11 is 2.36. The van der Waals surface area contributed by atoms with Crippen molar-refractivity contribution in [1.82, 2.24) is 9.36 Å². The lowest BCUT2D eigenvalue weighted by Gasteiger charge is -2.05. The van der Waals surface area contributed by atoms with Crippen LogP contribution in [0.4, 0.5) is 9.52 Å². The first-order valence-electron chi connectivity index (χ1n) is 8.38. The van der Waals surface area contributed by atoms with Crippen LogP contribution in [0.3, 0.4) is 0 Å². The van der Waals surface area contributed by atoms with Crippen molar-refractivity contribution in [2.75, 3.05) is 11.6 Å². The Morgan fingerprint density at radius 2 is 1.97 bits per heavy atom. The first kappa shape index (κ1) is 21.2. The molecule has 2 aromatic carbocycles. The lowest BCUT2D eigenvalue weighted by molar-refractivity contribution is -0.112. The zero-order valence-electron chi connectivity index (χ0n) is 15.5. The normalized spacial score (nSPS) is 10.9. The molecule has 0 unspecified atom stereocenters. The molecular formula is C20H13FN4O3S2. The second kappa shape index (κ2) is 9.78. The average molecular weight is 440 g/mol. The number of carbonyl (C=O) groups is 2. The quantitative estimate of drug-likeness (QED) is 0.202. The number of halogens is 1. The number of benzene rings is 2. The molecule has 0 spiro atoms. The van der Waals surface area contributed by atoms with Crippen molar-refractivity contribution >= 4 is 46.4 Å². The van der Waals surface area contributed by atoms with Gasteiger partial charge in [0.05, 0.1) is 5.56 Å². The maximum atomic E-state index is 13.7. The monoisotopic (exact) mass is 440 g/mol. The number of hydrogen-bond donors (Lipinski definition) is 1. The zero-order valence-corrected chi connectivity index (χ0v) is 17.1. The summed E-state index contributed by atoms with van der Waals surface area (Å²) in [5, 5.41) is 12.6. The van der Waals surface area contributed by atoms with Crippen molar-refractivity contribution < 1.29 is 18.7 Å². The second-order valence-electron chi connectivity index (χ2n) is 5.65. The van der Waals surface area contributed by atoms with Crippen LogP contribution in [0.15, 0.2) is 59.3 Å². The highest BCUT2D eigenvalue weighted by molar-refractivity contribution is 7.98. The predicted molar refractivity (Wildman–Crippen MR) is 112 cm³/mol. The van der Waals surface area contributed by atoms with Gasteiger partial charge >= 0.3 is 5.97 Å².